The Labute approximate surface area is 71.4 Å². The van der Waals surface area contributed by atoms with Crippen molar-refractivity contribution in [3.05, 3.63) is 0 Å². The summed E-state index contributed by atoms with van der Waals surface area (Å²) in [7, 11) is 1.57. The summed E-state index contributed by atoms with van der Waals surface area (Å²) in [4.78, 5) is 0. The zero-order valence-electron chi connectivity index (χ0n) is 7.55. The summed E-state index contributed by atoms with van der Waals surface area (Å²) in [5.74, 6) is 0. The molecule has 11 heavy (non-hydrogen) atoms. The summed E-state index contributed by atoms with van der Waals surface area (Å²) in [6, 6.07) is 0. The van der Waals surface area contributed by atoms with E-state index in [0.717, 1.165) is 0 Å². The topological polar surface area (TPSA) is 27.7 Å². The van der Waals surface area contributed by atoms with Crippen molar-refractivity contribution in [3.8, 4) is 0 Å². The van der Waals surface area contributed by atoms with Gasteiger partial charge in [-0.3, -0.25) is 0 Å². The highest BCUT2D eigenvalue weighted by atomic mass is 28.1. The van der Waals surface area contributed by atoms with E-state index in [4.69, 9.17) is 14.2 Å². The van der Waals surface area contributed by atoms with Crippen LogP contribution in [0.25, 0.3) is 0 Å². The predicted molar refractivity (Wildman–Crippen MR) is 46.2 cm³/mol. The van der Waals surface area contributed by atoms with Gasteiger partial charge in [0.05, 0.1) is 0 Å². The fraction of sp³-hybridized carbons (Fsp3) is 1.00. The van der Waals surface area contributed by atoms with Crippen molar-refractivity contribution in [3.63, 3.8) is 0 Å². The molecule has 0 rings (SSSR count). The first-order chi connectivity index (χ1) is 5.18. The molecule has 0 aliphatic heterocycles. The van der Waals surface area contributed by atoms with Crippen molar-refractivity contribution < 1.29 is 14.2 Å². The Kier molecular flexibility index (Phi) is 5.76. The van der Waals surface area contributed by atoms with Crippen LogP contribution < -0.4 is 0 Å². The van der Waals surface area contributed by atoms with E-state index < -0.39 is 5.60 Å². The molecule has 0 aliphatic rings. The summed E-state index contributed by atoms with van der Waals surface area (Å²) < 4.78 is 15.8. The van der Waals surface area contributed by atoms with E-state index in [1.165, 1.54) is 0 Å². The summed E-state index contributed by atoms with van der Waals surface area (Å²) in [6.07, 6.45) is 0. The zero-order chi connectivity index (χ0) is 8.74. The van der Waals surface area contributed by atoms with Gasteiger partial charge < -0.3 is 14.2 Å². The van der Waals surface area contributed by atoms with Crippen LogP contribution in [0, 0.1) is 0 Å². The second kappa shape index (κ2) is 5.71. The molecule has 0 fully saturated rings. The van der Waals surface area contributed by atoms with Crippen LogP contribution in [0.15, 0.2) is 0 Å². The predicted octanol–water partition coefficient (Wildman–Crippen LogP) is 0.340. The molecule has 1 radical (unpaired) electrons. The monoisotopic (exact) mass is 177 g/mol. The standard InChI is InChI=1S/C7H17O3Si/c1-4-8-7(11,9-5-2)10-6-3/h4-6,11H2,1-3H3. The lowest BCUT2D eigenvalue weighted by Gasteiger charge is -2.28. The van der Waals surface area contributed by atoms with E-state index >= 15 is 0 Å². The molecule has 0 atom stereocenters. The lowest BCUT2D eigenvalue weighted by Crippen LogP contribution is -2.39. The van der Waals surface area contributed by atoms with Gasteiger partial charge in [-0.1, -0.05) is 0 Å². The van der Waals surface area contributed by atoms with Gasteiger partial charge in [-0.2, -0.15) is 0 Å². The number of rotatable bonds is 6. The Morgan fingerprint density at radius 2 is 1.18 bits per heavy atom. The van der Waals surface area contributed by atoms with Crippen LogP contribution >= 0.6 is 0 Å². The molecule has 0 amide bonds. The minimum absolute atomic E-state index is 0.601. The largest absolute Gasteiger partial charge is 0.333 e. The highest BCUT2D eigenvalue weighted by Gasteiger charge is 2.23. The Bertz CT molecular complexity index is 80.7. The number of ether oxygens (including phenoxy) is 3. The second-order valence-electron chi connectivity index (χ2n) is 1.98. The van der Waals surface area contributed by atoms with Gasteiger partial charge >= 0.3 is 0 Å². The van der Waals surface area contributed by atoms with Gasteiger partial charge in [-0.15, -0.1) is 0 Å². The van der Waals surface area contributed by atoms with Crippen LogP contribution in [0.4, 0.5) is 0 Å². The average Bonchev–Trinajstić information content (AvgIpc) is 1.88. The smallest absolute Gasteiger partial charge is 0.246 e. The third-order valence-electron chi connectivity index (χ3n) is 1.09. The first-order valence-corrected chi connectivity index (χ1v) is 4.66. The van der Waals surface area contributed by atoms with Crippen LogP contribution in [0.5, 0.6) is 0 Å². The van der Waals surface area contributed by atoms with Crippen LogP contribution in [-0.2, 0) is 14.2 Å². The maximum Gasteiger partial charge on any atom is 0.246 e. The third-order valence-corrected chi connectivity index (χ3v) is 1.71. The first kappa shape index (κ1) is 11.1. The fourth-order valence-corrected chi connectivity index (χ4v) is 1.40. The van der Waals surface area contributed by atoms with Crippen LogP contribution in [0.3, 0.4) is 0 Å². The summed E-state index contributed by atoms with van der Waals surface area (Å²) in [5, 5.41) is 0. The van der Waals surface area contributed by atoms with Crippen molar-refractivity contribution in [1.29, 1.82) is 0 Å². The third kappa shape index (κ3) is 4.52. The summed E-state index contributed by atoms with van der Waals surface area (Å²) >= 11 is 0. The average molecular weight is 177 g/mol. The number of hydrogen-bond donors (Lipinski definition) is 0. The molecular formula is C7H17O3Si. The molecule has 0 aromatic rings. The molecule has 0 unspecified atom stereocenters. The molecule has 4 heteroatoms. The molecule has 0 spiro atoms. The van der Waals surface area contributed by atoms with Gasteiger partial charge in [0.15, 0.2) is 0 Å². The van der Waals surface area contributed by atoms with Crippen molar-refractivity contribution >= 4 is 10.2 Å². The van der Waals surface area contributed by atoms with Crippen molar-refractivity contribution in [2.75, 3.05) is 19.8 Å². The highest BCUT2D eigenvalue weighted by molar-refractivity contribution is 6.12. The van der Waals surface area contributed by atoms with Crippen molar-refractivity contribution in [1.82, 2.24) is 0 Å². The molecule has 0 aliphatic carbocycles. The summed E-state index contributed by atoms with van der Waals surface area (Å²) in [5.41, 5.74) is -0.821. The van der Waals surface area contributed by atoms with Crippen LogP contribution in [0.2, 0.25) is 0 Å². The molecule has 3 nitrogen and oxygen atoms in total. The van der Waals surface area contributed by atoms with Gasteiger partial charge in [0.1, 0.15) is 10.2 Å². The van der Waals surface area contributed by atoms with E-state index in [1.807, 2.05) is 20.8 Å². The Hall–Kier alpha value is 0.0969. The Balaban J connectivity index is 3.79. The van der Waals surface area contributed by atoms with Crippen molar-refractivity contribution in [2.24, 2.45) is 0 Å². The van der Waals surface area contributed by atoms with E-state index in [0.29, 0.717) is 19.8 Å². The maximum atomic E-state index is 5.28. The van der Waals surface area contributed by atoms with E-state index in [1.54, 1.807) is 10.2 Å². The Morgan fingerprint density at radius 1 is 0.909 bits per heavy atom. The van der Waals surface area contributed by atoms with Gasteiger partial charge in [0.2, 0.25) is 5.60 Å². The van der Waals surface area contributed by atoms with Gasteiger partial charge in [-0.05, 0) is 20.8 Å². The normalized spacial score (nSPS) is 12.0. The molecular weight excluding hydrogens is 160 g/mol. The fourth-order valence-electron chi connectivity index (χ4n) is 0.785. The zero-order valence-corrected chi connectivity index (χ0v) is 8.97. The lowest BCUT2D eigenvalue weighted by atomic mass is 10.8. The van der Waals surface area contributed by atoms with Crippen LogP contribution in [-0.4, -0.2) is 35.7 Å². The molecule has 0 saturated carbocycles. The SMILES string of the molecule is CCOC([SiH2])(OCC)OCC. The van der Waals surface area contributed by atoms with Gasteiger partial charge in [0.25, 0.3) is 0 Å². The van der Waals surface area contributed by atoms with Gasteiger partial charge in [0, 0.05) is 19.8 Å². The summed E-state index contributed by atoms with van der Waals surface area (Å²) in [6.45, 7) is 7.55. The lowest BCUT2D eigenvalue weighted by molar-refractivity contribution is -0.320. The quantitative estimate of drug-likeness (QED) is 0.432. The van der Waals surface area contributed by atoms with E-state index in [9.17, 15) is 0 Å². The molecule has 0 aromatic heterocycles. The van der Waals surface area contributed by atoms with Crippen molar-refractivity contribution in [2.45, 2.75) is 26.4 Å². The van der Waals surface area contributed by atoms with Gasteiger partial charge in [-0.25, -0.2) is 0 Å². The van der Waals surface area contributed by atoms with Crippen LogP contribution in [0.1, 0.15) is 20.8 Å². The molecule has 0 saturated heterocycles. The van der Waals surface area contributed by atoms with E-state index in [-0.39, 0.29) is 0 Å². The second-order valence-corrected chi connectivity index (χ2v) is 2.85. The highest BCUT2D eigenvalue weighted by Crippen LogP contribution is 2.09. The molecule has 0 N–H and O–H groups in total. The number of hydrogen-bond acceptors (Lipinski definition) is 3. The molecule has 67 valence electrons. The first-order valence-electron chi connectivity index (χ1n) is 3.95. The Morgan fingerprint density at radius 3 is 1.36 bits per heavy atom. The molecule has 0 aromatic carbocycles. The molecule has 0 bridgehead atoms. The minimum atomic E-state index is -0.821. The maximum absolute atomic E-state index is 5.28. The molecule has 0 heterocycles. The van der Waals surface area contributed by atoms with E-state index in [2.05, 4.69) is 0 Å². The minimum Gasteiger partial charge on any atom is -0.333 e.